The number of rotatable bonds is 2. The largest absolute Gasteiger partial charge is 0.354 e. The van der Waals surface area contributed by atoms with Gasteiger partial charge < -0.3 is 10.2 Å². The van der Waals surface area contributed by atoms with Crippen molar-refractivity contribution < 1.29 is 0 Å². The first-order chi connectivity index (χ1) is 7.83. The fourth-order valence-electron chi connectivity index (χ4n) is 2.00. The van der Waals surface area contributed by atoms with E-state index in [2.05, 4.69) is 20.2 Å². The fourth-order valence-corrected chi connectivity index (χ4v) is 2.19. The van der Waals surface area contributed by atoms with Crippen LogP contribution in [-0.2, 0) is 0 Å². The molecular formula is C11H15ClN4. The van der Waals surface area contributed by atoms with Gasteiger partial charge in [-0.1, -0.05) is 11.6 Å². The van der Waals surface area contributed by atoms with Crippen molar-refractivity contribution in [2.24, 2.45) is 0 Å². The summed E-state index contributed by atoms with van der Waals surface area (Å²) >= 11 is 6.05. The number of anilines is 1. The molecule has 2 heterocycles. The SMILES string of the molecule is Clc1cc(N2CCNCC2)nc(C2CC2)n1. The Hall–Kier alpha value is -0.870. The third-order valence-corrected chi connectivity index (χ3v) is 3.28. The molecule has 0 radical (unpaired) electrons. The molecule has 1 N–H and O–H groups in total. The summed E-state index contributed by atoms with van der Waals surface area (Å²) in [5, 5.41) is 3.91. The van der Waals surface area contributed by atoms with Gasteiger partial charge in [0.15, 0.2) is 0 Å². The van der Waals surface area contributed by atoms with Crippen LogP contribution in [0.5, 0.6) is 0 Å². The lowest BCUT2D eigenvalue weighted by Crippen LogP contribution is -2.44. The molecule has 1 aliphatic heterocycles. The summed E-state index contributed by atoms with van der Waals surface area (Å²) < 4.78 is 0. The standard InChI is InChI=1S/C11H15ClN4/c12-9-7-10(16-5-3-13-4-6-16)15-11(14-9)8-1-2-8/h7-8,13H,1-6H2. The van der Waals surface area contributed by atoms with Crippen molar-refractivity contribution in [1.29, 1.82) is 0 Å². The van der Waals surface area contributed by atoms with Gasteiger partial charge in [0.2, 0.25) is 0 Å². The van der Waals surface area contributed by atoms with Gasteiger partial charge in [-0.3, -0.25) is 0 Å². The van der Waals surface area contributed by atoms with Crippen molar-refractivity contribution in [2.75, 3.05) is 31.1 Å². The van der Waals surface area contributed by atoms with E-state index < -0.39 is 0 Å². The van der Waals surface area contributed by atoms with E-state index in [1.54, 1.807) is 0 Å². The molecule has 1 aromatic rings. The molecule has 86 valence electrons. The molecule has 5 heteroatoms. The number of hydrogen-bond acceptors (Lipinski definition) is 4. The normalized spacial score (nSPS) is 21.2. The Bertz CT molecular complexity index is 386. The van der Waals surface area contributed by atoms with E-state index in [0.29, 0.717) is 11.1 Å². The van der Waals surface area contributed by atoms with Gasteiger partial charge in [0.05, 0.1) is 0 Å². The fraction of sp³-hybridized carbons (Fsp3) is 0.636. The van der Waals surface area contributed by atoms with Crippen LogP contribution in [0.4, 0.5) is 5.82 Å². The molecule has 1 aliphatic carbocycles. The van der Waals surface area contributed by atoms with Crippen LogP contribution in [0.2, 0.25) is 5.15 Å². The van der Waals surface area contributed by atoms with E-state index in [4.69, 9.17) is 11.6 Å². The molecule has 3 rings (SSSR count). The van der Waals surface area contributed by atoms with Crippen LogP contribution < -0.4 is 10.2 Å². The lowest BCUT2D eigenvalue weighted by Gasteiger charge is -2.28. The maximum atomic E-state index is 6.05. The van der Waals surface area contributed by atoms with Crippen LogP contribution in [0, 0.1) is 0 Å². The van der Waals surface area contributed by atoms with E-state index in [0.717, 1.165) is 37.8 Å². The van der Waals surface area contributed by atoms with Crippen LogP contribution in [0.3, 0.4) is 0 Å². The van der Waals surface area contributed by atoms with Crippen LogP contribution in [0.25, 0.3) is 0 Å². The molecule has 0 atom stereocenters. The monoisotopic (exact) mass is 238 g/mol. The maximum Gasteiger partial charge on any atom is 0.135 e. The summed E-state index contributed by atoms with van der Waals surface area (Å²) in [4.78, 5) is 11.2. The summed E-state index contributed by atoms with van der Waals surface area (Å²) in [6.07, 6.45) is 2.42. The van der Waals surface area contributed by atoms with Gasteiger partial charge in [-0.15, -0.1) is 0 Å². The molecular weight excluding hydrogens is 224 g/mol. The zero-order chi connectivity index (χ0) is 11.0. The minimum atomic E-state index is 0.556. The van der Waals surface area contributed by atoms with Crippen molar-refractivity contribution in [2.45, 2.75) is 18.8 Å². The topological polar surface area (TPSA) is 41.0 Å². The molecule has 0 bridgehead atoms. The number of nitrogens with zero attached hydrogens (tertiary/aromatic N) is 3. The van der Waals surface area contributed by atoms with Gasteiger partial charge in [-0.05, 0) is 12.8 Å². The van der Waals surface area contributed by atoms with Crippen LogP contribution in [0.1, 0.15) is 24.6 Å². The summed E-state index contributed by atoms with van der Waals surface area (Å²) in [6.45, 7) is 4.02. The highest BCUT2D eigenvalue weighted by Gasteiger charge is 2.28. The van der Waals surface area contributed by atoms with Gasteiger partial charge in [0.1, 0.15) is 16.8 Å². The van der Waals surface area contributed by atoms with Crippen molar-refractivity contribution in [3.05, 3.63) is 17.0 Å². The van der Waals surface area contributed by atoms with Gasteiger partial charge in [0.25, 0.3) is 0 Å². The molecule has 0 aromatic carbocycles. The number of nitrogens with one attached hydrogen (secondary N) is 1. The van der Waals surface area contributed by atoms with Crippen molar-refractivity contribution in [3.63, 3.8) is 0 Å². The minimum absolute atomic E-state index is 0.556. The molecule has 0 spiro atoms. The zero-order valence-corrected chi connectivity index (χ0v) is 9.87. The summed E-state index contributed by atoms with van der Waals surface area (Å²) in [6, 6.07) is 1.87. The lowest BCUT2D eigenvalue weighted by molar-refractivity contribution is 0.583. The van der Waals surface area contributed by atoms with E-state index in [-0.39, 0.29) is 0 Å². The van der Waals surface area contributed by atoms with E-state index in [1.165, 1.54) is 12.8 Å². The van der Waals surface area contributed by atoms with Crippen LogP contribution in [-0.4, -0.2) is 36.1 Å². The van der Waals surface area contributed by atoms with Gasteiger partial charge in [-0.2, -0.15) is 0 Å². The first-order valence-corrected chi connectivity index (χ1v) is 6.21. The second-order valence-electron chi connectivity index (χ2n) is 4.42. The Morgan fingerprint density at radius 2 is 2.00 bits per heavy atom. The highest BCUT2D eigenvalue weighted by Crippen LogP contribution is 2.39. The van der Waals surface area contributed by atoms with Crippen LogP contribution >= 0.6 is 11.6 Å². The number of hydrogen-bond donors (Lipinski definition) is 1. The predicted octanol–water partition coefficient (Wildman–Crippen LogP) is 1.42. The first kappa shape index (κ1) is 10.3. The van der Waals surface area contributed by atoms with Crippen molar-refractivity contribution >= 4 is 17.4 Å². The van der Waals surface area contributed by atoms with E-state index in [9.17, 15) is 0 Å². The van der Waals surface area contributed by atoms with E-state index >= 15 is 0 Å². The molecule has 1 aromatic heterocycles. The summed E-state index contributed by atoms with van der Waals surface area (Å²) in [7, 11) is 0. The second kappa shape index (κ2) is 4.18. The maximum absolute atomic E-state index is 6.05. The first-order valence-electron chi connectivity index (χ1n) is 5.83. The Balaban J connectivity index is 1.86. The molecule has 4 nitrogen and oxygen atoms in total. The number of piperazine rings is 1. The van der Waals surface area contributed by atoms with Gasteiger partial charge in [0, 0.05) is 38.2 Å². The quantitative estimate of drug-likeness (QED) is 0.792. The average molecular weight is 239 g/mol. The lowest BCUT2D eigenvalue weighted by atomic mass is 10.3. The Kier molecular flexibility index (Phi) is 2.69. The number of halogens is 1. The third kappa shape index (κ3) is 2.13. The van der Waals surface area contributed by atoms with E-state index in [1.807, 2.05) is 6.07 Å². The molecule has 1 saturated carbocycles. The van der Waals surface area contributed by atoms with Gasteiger partial charge in [-0.25, -0.2) is 9.97 Å². The predicted molar refractivity (Wildman–Crippen MR) is 64.1 cm³/mol. The molecule has 16 heavy (non-hydrogen) atoms. The zero-order valence-electron chi connectivity index (χ0n) is 9.12. The Labute approximate surface area is 100 Å². The minimum Gasteiger partial charge on any atom is -0.354 e. The second-order valence-corrected chi connectivity index (χ2v) is 4.81. The average Bonchev–Trinajstić information content (AvgIpc) is 3.13. The van der Waals surface area contributed by atoms with Crippen molar-refractivity contribution in [1.82, 2.24) is 15.3 Å². The summed E-state index contributed by atoms with van der Waals surface area (Å²) in [5.74, 6) is 2.48. The summed E-state index contributed by atoms with van der Waals surface area (Å²) in [5.41, 5.74) is 0. The van der Waals surface area contributed by atoms with Crippen molar-refractivity contribution in [3.8, 4) is 0 Å². The molecule has 2 fully saturated rings. The van der Waals surface area contributed by atoms with Gasteiger partial charge >= 0.3 is 0 Å². The van der Waals surface area contributed by atoms with Crippen LogP contribution in [0.15, 0.2) is 6.07 Å². The smallest absolute Gasteiger partial charge is 0.135 e. The molecule has 0 amide bonds. The molecule has 0 unspecified atom stereocenters. The third-order valence-electron chi connectivity index (χ3n) is 3.08. The molecule has 2 aliphatic rings. The Morgan fingerprint density at radius 1 is 1.25 bits per heavy atom. The highest BCUT2D eigenvalue weighted by atomic mass is 35.5. The molecule has 1 saturated heterocycles. The number of aromatic nitrogens is 2. The Morgan fingerprint density at radius 3 is 2.69 bits per heavy atom. The highest BCUT2D eigenvalue weighted by molar-refractivity contribution is 6.29.